The molecule has 0 saturated carbocycles. The molecule has 0 atom stereocenters. The Labute approximate surface area is 152 Å². The Kier molecular flexibility index (Phi) is 5.25. The lowest BCUT2D eigenvalue weighted by molar-refractivity contribution is 0.102. The van der Waals surface area contributed by atoms with Crippen molar-refractivity contribution in [2.24, 2.45) is 0 Å². The number of nitrogens with zero attached hydrogens (tertiary/aromatic N) is 1. The first kappa shape index (κ1) is 18.2. The molecule has 5 nitrogen and oxygen atoms in total. The van der Waals surface area contributed by atoms with E-state index in [2.05, 4.69) is 15.6 Å². The van der Waals surface area contributed by atoms with Gasteiger partial charge in [0.2, 0.25) is 0 Å². The van der Waals surface area contributed by atoms with E-state index >= 15 is 0 Å². The second-order valence-electron chi connectivity index (χ2n) is 5.47. The third-order valence-corrected chi connectivity index (χ3v) is 3.64. The highest BCUT2D eigenvalue weighted by Crippen LogP contribution is 2.22. The number of rotatable bonds is 5. The molecule has 0 aliphatic carbocycles. The largest absolute Gasteiger partial charge is 0.497 e. The van der Waals surface area contributed by atoms with E-state index in [1.54, 1.807) is 25.3 Å². The molecule has 0 aliphatic heterocycles. The maximum Gasteiger partial charge on any atom is 0.259 e. The van der Waals surface area contributed by atoms with Crippen molar-refractivity contribution in [2.45, 2.75) is 0 Å². The fraction of sp³-hybridized carbons (Fsp3) is 0.0526. The van der Waals surface area contributed by atoms with E-state index in [0.29, 0.717) is 17.5 Å². The number of hydrogen-bond donors (Lipinski definition) is 2. The van der Waals surface area contributed by atoms with Crippen LogP contribution in [0.1, 0.15) is 10.4 Å². The van der Waals surface area contributed by atoms with Crippen molar-refractivity contribution in [1.82, 2.24) is 4.98 Å². The molecule has 0 spiro atoms. The van der Waals surface area contributed by atoms with Crippen molar-refractivity contribution in [3.8, 4) is 5.75 Å². The van der Waals surface area contributed by atoms with Gasteiger partial charge in [0.25, 0.3) is 5.91 Å². The Balaban J connectivity index is 1.70. The van der Waals surface area contributed by atoms with Gasteiger partial charge in [-0.15, -0.1) is 0 Å². The highest BCUT2D eigenvalue weighted by molar-refractivity contribution is 6.04. The predicted octanol–water partition coefficient (Wildman–Crippen LogP) is 4.50. The average molecular weight is 373 g/mol. The molecule has 138 valence electrons. The van der Waals surface area contributed by atoms with E-state index in [4.69, 9.17) is 4.74 Å². The van der Waals surface area contributed by atoms with Crippen molar-refractivity contribution in [3.05, 3.63) is 77.7 Å². The Morgan fingerprint density at radius 3 is 2.52 bits per heavy atom. The smallest absolute Gasteiger partial charge is 0.259 e. The average Bonchev–Trinajstić information content (AvgIpc) is 2.68. The van der Waals surface area contributed by atoms with E-state index in [-0.39, 0.29) is 5.82 Å². The summed E-state index contributed by atoms with van der Waals surface area (Å²) in [5, 5.41) is 5.44. The minimum Gasteiger partial charge on any atom is -0.497 e. The van der Waals surface area contributed by atoms with Crippen LogP contribution in [0.15, 0.2) is 54.7 Å². The lowest BCUT2D eigenvalue weighted by atomic mass is 10.2. The van der Waals surface area contributed by atoms with Gasteiger partial charge in [-0.2, -0.15) is 0 Å². The van der Waals surface area contributed by atoms with E-state index in [9.17, 15) is 18.0 Å². The van der Waals surface area contributed by atoms with Crippen molar-refractivity contribution in [3.63, 3.8) is 0 Å². The lowest BCUT2D eigenvalue weighted by Gasteiger charge is -2.09. The molecule has 8 heteroatoms. The molecular weight excluding hydrogens is 359 g/mol. The zero-order valence-corrected chi connectivity index (χ0v) is 14.1. The highest BCUT2D eigenvalue weighted by Gasteiger charge is 2.19. The number of carbonyl (C=O) groups is 1. The molecule has 0 aliphatic rings. The molecule has 0 saturated heterocycles. The summed E-state index contributed by atoms with van der Waals surface area (Å²) >= 11 is 0. The highest BCUT2D eigenvalue weighted by atomic mass is 19.2. The zero-order valence-electron chi connectivity index (χ0n) is 14.1. The van der Waals surface area contributed by atoms with Gasteiger partial charge in [0.15, 0.2) is 17.5 Å². The number of hydrogen-bond acceptors (Lipinski definition) is 4. The Bertz CT molecular complexity index is 978. The number of halogens is 3. The van der Waals surface area contributed by atoms with Crippen LogP contribution < -0.4 is 15.4 Å². The monoisotopic (exact) mass is 373 g/mol. The third-order valence-electron chi connectivity index (χ3n) is 3.64. The normalized spacial score (nSPS) is 10.4. The van der Waals surface area contributed by atoms with Crippen LogP contribution in [0.25, 0.3) is 0 Å². The maximum atomic E-state index is 13.7. The Hall–Kier alpha value is -3.55. The van der Waals surface area contributed by atoms with Crippen molar-refractivity contribution in [2.75, 3.05) is 17.7 Å². The Morgan fingerprint density at radius 1 is 1.00 bits per heavy atom. The van der Waals surface area contributed by atoms with Crippen LogP contribution >= 0.6 is 0 Å². The molecular formula is C19H14F3N3O2. The maximum absolute atomic E-state index is 13.7. The molecule has 2 N–H and O–H groups in total. The van der Waals surface area contributed by atoms with Gasteiger partial charge in [-0.1, -0.05) is 6.07 Å². The standard InChI is InChI=1S/C19H14F3N3O2/c1-27-13-4-2-3-11(9-13)24-12-5-8-16(23-10-12)25-19(26)14-6-7-15(20)18(22)17(14)21/h2-10,24H,1H3,(H,23,25,26). The first-order valence-electron chi connectivity index (χ1n) is 7.80. The van der Waals surface area contributed by atoms with Gasteiger partial charge in [-0.3, -0.25) is 4.79 Å². The van der Waals surface area contributed by atoms with Crippen LogP contribution in [0.2, 0.25) is 0 Å². The minimum absolute atomic E-state index is 0.125. The SMILES string of the molecule is COc1cccc(Nc2ccc(NC(=O)c3ccc(F)c(F)c3F)nc2)c1. The quantitative estimate of drug-likeness (QED) is 0.647. The van der Waals surface area contributed by atoms with Crippen molar-refractivity contribution < 1.29 is 22.7 Å². The molecule has 2 aromatic carbocycles. The van der Waals surface area contributed by atoms with Crippen LogP contribution in [0.4, 0.5) is 30.4 Å². The molecule has 1 aromatic heterocycles. The molecule has 0 unspecified atom stereocenters. The summed E-state index contributed by atoms with van der Waals surface area (Å²) in [6, 6.07) is 11.9. The molecule has 0 fully saturated rings. The summed E-state index contributed by atoms with van der Waals surface area (Å²) in [4.78, 5) is 16.1. The molecule has 1 amide bonds. The van der Waals surface area contributed by atoms with E-state index in [0.717, 1.165) is 11.8 Å². The number of carbonyl (C=O) groups excluding carboxylic acids is 1. The van der Waals surface area contributed by atoms with Gasteiger partial charge >= 0.3 is 0 Å². The van der Waals surface area contributed by atoms with E-state index in [1.165, 1.54) is 12.3 Å². The number of amides is 1. The summed E-state index contributed by atoms with van der Waals surface area (Å²) in [6.45, 7) is 0. The Morgan fingerprint density at radius 2 is 1.81 bits per heavy atom. The van der Waals surface area contributed by atoms with Crippen LogP contribution in [-0.4, -0.2) is 18.0 Å². The van der Waals surface area contributed by atoms with E-state index < -0.39 is 28.9 Å². The van der Waals surface area contributed by atoms with Crippen LogP contribution in [0, 0.1) is 17.5 Å². The summed E-state index contributed by atoms with van der Waals surface area (Å²) in [5.41, 5.74) is 0.798. The van der Waals surface area contributed by atoms with Gasteiger partial charge in [0.1, 0.15) is 11.6 Å². The minimum atomic E-state index is -1.70. The summed E-state index contributed by atoms with van der Waals surface area (Å²) < 4.78 is 45.0. The van der Waals surface area contributed by atoms with Crippen molar-refractivity contribution >= 4 is 23.1 Å². The lowest BCUT2D eigenvalue weighted by Crippen LogP contribution is -2.16. The number of pyridine rings is 1. The summed E-state index contributed by atoms with van der Waals surface area (Å²) in [5.74, 6) is -4.74. The zero-order chi connectivity index (χ0) is 19.4. The van der Waals surface area contributed by atoms with Crippen LogP contribution in [0.3, 0.4) is 0 Å². The van der Waals surface area contributed by atoms with E-state index in [1.807, 2.05) is 12.1 Å². The molecule has 1 heterocycles. The number of ether oxygens (including phenoxy) is 1. The molecule has 27 heavy (non-hydrogen) atoms. The third kappa shape index (κ3) is 4.17. The van der Waals surface area contributed by atoms with Gasteiger partial charge in [-0.05, 0) is 36.4 Å². The first-order valence-corrected chi connectivity index (χ1v) is 7.80. The van der Waals surface area contributed by atoms with Gasteiger partial charge in [0.05, 0.1) is 24.6 Å². The van der Waals surface area contributed by atoms with Crippen LogP contribution in [0.5, 0.6) is 5.75 Å². The molecule has 0 radical (unpaired) electrons. The first-order chi connectivity index (χ1) is 13.0. The molecule has 0 bridgehead atoms. The van der Waals surface area contributed by atoms with Gasteiger partial charge in [0, 0.05) is 11.8 Å². The predicted molar refractivity (Wildman–Crippen MR) is 94.8 cm³/mol. The van der Waals surface area contributed by atoms with Crippen LogP contribution in [-0.2, 0) is 0 Å². The second kappa shape index (κ2) is 7.77. The summed E-state index contributed by atoms with van der Waals surface area (Å²) in [6.07, 6.45) is 1.46. The molecule has 3 rings (SSSR count). The second-order valence-corrected chi connectivity index (χ2v) is 5.47. The van der Waals surface area contributed by atoms with Gasteiger partial charge < -0.3 is 15.4 Å². The number of aromatic nitrogens is 1. The summed E-state index contributed by atoms with van der Waals surface area (Å²) in [7, 11) is 1.56. The van der Waals surface area contributed by atoms with Crippen molar-refractivity contribution in [1.29, 1.82) is 0 Å². The molecule has 3 aromatic rings. The fourth-order valence-electron chi connectivity index (χ4n) is 2.29. The number of methoxy groups -OCH3 is 1. The number of benzene rings is 2. The fourth-order valence-corrected chi connectivity index (χ4v) is 2.29. The van der Waals surface area contributed by atoms with Gasteiger partial charge in [-0.25, -0.2) is 18.2 Å². The topological polar surface area (TPSA) is 63.2 Å². The number of nitrogens with one attached hydrogen (secondary N) is 2. The number of anilines is 3.